The average Bonchev–Trinajstić information content (AvgIpc) is 3.10. The number of hydrogen-bond acceptors (Lipinski definition) is 3. The van der Waals surface area contributed by atoms with E-state index in [0.717, 1.165) is 22.3 Å². The van der Waals surface area contributed by atoms with Gasteiger partial charge in [-0.2, -0.15) is 0 Å². The van der Waals surface area contributed by atoms with E-state index in [2.05, 4.69) is 4.98 Å². The topological polar surface area (TPSA) is 47.3 Å². The summed E-state index contributed by atoms with van der Waals surface area (Å²) < 4.78 is 21.9. The molecular weight excluding hydrogens is 343 g/mol. The van der Waals surface area contributed by atoms with Crippen LogP contribution in [0.3, 0.4) is 0 Å². The molecule has 4 rings (SSSR count). The van der Waals surface area contributed by atoms with Gasteiger partial charge in [-0.3, -0.25) is 4.57 Å². The second-order valence-corrected chi connectivity index (χ2v) is 6.38. The Balaban J connectivity index is 1.92. The highest BCUT2D eigenvalue weighted by molar-refractivity contribution is 5.82. The Morgan fingerprint density at radius 3 is 2.56 bits per heavy atom. The summed E-state index contributed by atoms with van der Waals surface area (Å²) in [5, 5.41) is 9.79. The number of benzene rings is 3. The van der Waals surface area contributed by atoms with E-state index in [-0.39, 0.29) is 5.82 Å². The molecule has 0 aliphatic rings. The molecule has 0 aliphatic heterocycles. The van der Waals surface area contributed by atoms with Crippen LogP contribution in [0.1, 0.15) is 18.6 Å². The van der Waals surface area contributed by atoms with Gasteiger partial charge in [0, 0.05) is 11.1 Å². The molecule has 0 aliphatic carbocycles. The zero-order chi connectivity index (χ0) is 19.0. The van der Waals surface area contributed by atoms with Gasteiger partial charge in [0.15, 0.2) is 5.75 Å². The highest BCUT2D eigenvalue weighted by Crippen LogP contribution is 2.37. The maximum absolute atomic E-state index is 14.3. The summed E-state index contributed by atoms with van der Waals surface area (Å²) in [4.78, 5) is 4.46. The van der Waals surface area contributed by atoms with Gasteiger partial charge in [0.1, 0.15) is 12.1 Å². The van der Waals surface area contributed by atoms with Crippen LogP contribution in [0.25, 0.3) is 27.8 Å². The first kappa shape index (κ1) is 17.2. The Morgan fingerprint density at radius 1 is 1.04 bits per heavy atom. The van der Waals surface area contributed by atoms with Crippen LogP contribution in [0.2, 0.25) is 0 Å². The van der Waals surface area contributed by atoms with Crippen LogP contribution in [-0.4, -0.2) is 21.8 Å². The van der Waals surface area contributed by atoms with Crippen molar-refractivity contribution in [3.8, 4) is 22.6 Å². The van der Waals surface area contributed by atoms with Gasteiger partial charge in [-0.1, -0.05) is 36.4 Å². The van der Waals surface area contributed by atoms with Crippen molar-refractivity contribution >= 4 is 11.0 Å². The zero-order valence-electron chi connectivity index (χ0n) is 15.1. The number of aromatic nitrogens is 2. The molecule has 5 heteroatoms. The fourth-order valence-electron chi connectivity index (χ4n) is 3.30. The van der Waals surface area contributed by atoms with Gasteiger partial charge >= 0.3 is 0 Å². The summed E-state index contributed by atoms with van der Waals surface area (Å²) in [5.74, 6) is 0.270. The minimum absolute atomic E-state index is 0.301. The van der Waals surface area contributed by atoms with Crippen molar-refractivity contribution in [2.24, 2.45) is 0 Å². The third-order valence-corrected chi connectivity index (χ3v) is 4.68. The molecular formula is C22H19FN2O2. The van der Waals surface area contributed by atoms with Crippen molar-refractivity contribution in [1.82, 2.24) is 9.55 Å². The largest absolute Gasteiger partial charge is 0.494 e. The average molecular weight is 362 g/mol. The minimum atomic E-state index is -0.557. The van der Waals surface area contributed by atoms with Gasteiger partial charge in [0.25, 0.3) is 0 Å². The fourth-order valence-corrected chi connectivity index (χ4v) is 3.30. The van der Waals surface area contributed by atoms with Crippen molar-refractivity contribution in [2.45, 2.75) is 13.0 Å². The summed E-state index contributed by atoms with van der Waals surface area (Å²) in [6, 6.07) is 17.9. The van der Waals surface area contributed by atoms with Crippen molar-refractivity contribution in [3.63, 3.8) is 0 Å². The first-order valence-corrected chi connectivity index (χ1v) is 8.67. The number of nitrogens with zero attached hydrogens (tertiary/aromatic N) is 2. The van der Waals surface area contributed by atoms with E-state index in [1.807, 2.05) is 41.0 Å². The normalized spacial score (nSPS) is 12.3. The molecule has 4 nitrogen and oxygen atoms in total. The summed E-state index contributed by atoms with van der Waals surface area (Å²) in [7, 11) is 1.58. The fraction of sp³-hybridized carbons (Fsp3) is 0.136. The lowest BCUT2D eigenvalue weighted by atomic mass is 10.0. The molecule has 1 unspecified atom stereocenters. The number of aliphatic hydroxyl groups excluding tert-OH is 1. The van der Waals surface area contributed by atoms with Crippen molar-refractivity contribution in [3.05, 3.63) is 78.4 Å². The van der Waals surface area contributed by atoms with Crippen LogP contribution in [0.15, 0.2) is 67.0 Å². The Kier molecular flexibility index (Phi) is 4.38. The van der Waals surface area contributed by atoms with Gasteiger partial charge in [-0.05, 0) is 36.8 Å². The number of rotatable bonds is 4. The molecule has 1 aromatic heterocycles. The van der Waals surface area contributed by atoms with Crippen LogP contribution < -0.4 is 4.74 Å². The van der Waals surface area contributed by atoms with E-state index in [1.54, 1.807) is 38.6 Å². The predicted molar refractivity (Wildman–Crippen MR) is 104 cm³/mol. The van der Waals surface area contributed by atoms with Crippen molar-refractivity contribution < 1.29 is 14.2 Å². The number of para-hydroxylation sites is 1. The van der Waals surface area contributed by atoms with E-state index < -0.39 is 6.10 Å². The second kappa shape index (κ2) is 6.85. The third-order valence-electron chi connectivity index (χ3n) is 4.68. The summed E-state index contributed by atoms with van der Waals surface area (Å²) in [6.07, 6.45) is 1.15. The van der Waals surface area contributed by atoms with E-state index >= 15 is 0 Å². The molecule has 0 bridgehead atoms. The summed E-state index contributed by atoms with van der Waals surface area (Å²) >= 11 is 0. The summed E-state index contributed by atoms with van der Waals surface area (Å²) in [6.45, 7) is 1.72. The lowest BCUT2D eigenvalue weighted by Gasteiger charge is -2.15. The maximum atomic E-state index is 14.3. The Hall–Kier alpha value is -3.18. The highest BCUT2D eigenvalue weighted by Gasteiger charge is 2.17. The van der Waals surface area contributed by atoms with Gasteiger partial charge in [0.2, 0.25) is 0 Å². The first-order chi connectivity index (χ1) is 13.1. The van der Waals surface area contributed by atoms with Gasteiger partial charge in [-0.25, -0.2) is 9.37 Å². The molecule has 1 N–H and O–H groups in total. The Morgan fingerprint density at radius 2 is 1.81 bits per heavy atom. The molecule has 4 aromatic rings. The van der Waals surface area contributed by atoms with Crippen LogP contribution in [-0.2, 0) is 0 Å². The number of ether oxygens (including phenoxy) is 1. The SMILES string of the molecule is COc1c(-c2ccccc2F)cccc1-n1cnc2cc(C(C)O)ccc21. The Bertz CT molecular complexity index is 1120. The van der Waals surface area contributed by atoms with Gasteiger partial charge < -0.3 is 9.84 Å². The smallest absolute Gasteiger partial charge is 0.150 e. The molecule has 0 radical (unpaired) electrons. The van der Waals surface area contributed by atoms with Crippen LogP contribution in [0.5, 0.6) is 5.75 Å². The molecule has 136 valence electrons. The minimum Gasteiger partial charge on any atom is -0.494 e. The number of methoxy groups -OCH3 is 1. The second-order valence-electron chi connectivity index (χ2n) is 6.38. The lowest BCUT2D eigenvalue weighted by molar-refractivity contribution is 0.199. The van der Waals surface area contributed by atoms with Gasteiger partial charge in [-0.15, -0.1) is 0 Å². The number of hydrogen-bond donors (Lipinski definition) is 1. The van der Waals surface area contributed by atoms with E-state index in [9.17, 15) is 9.50 Å². The molecule has 0 saturated heterocycles. The van der Waals surface area contributed by atoms with E-state index in [1.165, 1.54) is 6.07 Å². The van der Waals surface area contributed by atoms with E-state index in [4.69, 9.17) is 4.74 Å². The lowest BCUT2D eigenvalue weighted by Crippen LogP contribution is -1.99. The molecule has 0 saturated carbocycles. The molecule has 27 heavy (non-hydrogen) atoms. The van der Waals surface area contributed by atoms with Gasteiger partial charge in [0.05, 0.1) is 29.9 Å². The molecule has 0 amide bonds. The maximum Gasteiger partial charge on any atom is 0.150 e. The number of fused-ring (bicyclic) bond motifs is 1. The Labute approximate surface area is 156 Å². The molecule has 3 aromatic carbocycles. The number of aliphatic hydroxyl groups is 1. The molecule has 1 heterocycles. The zero-order valence-corrected chi connectivity index (χ0v) is 15.1. The quantitative estimate of drug-likeness (QED) is 0.562. The number of halogens is 1. The molecule has 1 atom stereocenters. The van der Waals surface area contributed by atoms with Crippen LogP contribution >= 0.6 is 0 Å². The van der Waals surface area contributed by atoms with Crippen LogP contribution in [0, 0.1) is 5.82 Å². The standard InChI is InChI=1S/C22H19FN2O2/c1-14(26)15-10-11-20-19(12-15)24-13-25(20)21-9-5-7-17(22(21)27-2)16-6-3-4-8-18(16)23/h3-14,26H,1-2H3. The van der Waals surface area contributed by atoms with Crippen LogP contribution in [0.4, 0.5) is 4.39 Å². The van der Waals surface area contributed by atoms with E-state index in [0.29, 0.717) is 16.9 Å². The monoisotopic (exact) mass is 362 g/mol. The summed E-state index contributed by atoms with van der Waals surface area (Å²) in [5.41, 5.74) is 4.38. The first-order valence-electron chi connectivity index (χ1n) is 8.67. The third kappa shape index (κ3) is 2.96. The molecule has 0 spiro atoms. The number of imidazole rings is 1. The molecule has 0 fully saturated rings. The van der Waals surface area contributed by atoms with Crippen molar-refractivity contribution in [1.29, 1.82) is 0 Å². The predicted octanol–water partition coefficient (Wildman–Crippen LogP) is 4.89. The highest BCUT2D eigenvalue weighted by atomic mass is 19.1. The van der Waals surface area contributed by atoms with Crippen molar-refractivity contribution in [2.75, 3.05) is 7.11 Å².